The van der Waals surface area contributed by atoms with Crippen LogP contribution in [0.2, 0.25) is 0 Å². The molecule has 7 heteroatoms. The number of nitrogens with one attached hydrogen (secondary N) is 2. The molecule has 0 aliphatic carbocycles. The van der Waals surface area contributed by atoms with Crippen LogP contribution in [0, 0.1) is 7.05 Å². The summed E-state index contributed by atoms with van der Waals surface area (Å²) in [7, 11) is 2.98. The molecule has 4 nitrogen and oxygen atoms in total. The lowest BCUT2D eigenvalue weighted by Crippen LogP contribution is -2.42. The van der Waals surface area contributed by atoms with Gasteiger partial charge in [-0.2, -0.15) is 0 Å². The van der Waals surface area contributed by atoms with Crippen molar-refractivity contribution in [1.82, 2.24) is 10.6 Å². The maximum Gasteiger partial charge on any atom is 0.321 e. The smallest absolute Gasteiger partial charge is 0.321 e. The summed E-state index contributed by atoms with van der Waals surface area (Å²) in [5.74, 6) is -1.02. The quantitative estimate of drug-likeness (QED) is 0.595. The maximum atomic E-state index is 10.6. The Morgan fingerprint density at radius 2 is 1.73 bits per heavy atom. The van der Waals surface area contributed by atoms with Gasteiger partial charge in [0.1, 0.15) is 0 Å². The largest absolute Gasteiger partial charge is 0.336 e. The Morgan fingerprint density at radius 3 is 2.00 bits per heavy atom. The molecule has 0 aromatic carbocycles. The first-order valence-electron chi connectivity index (χ1n) is 2.33. The van der Waals surface area contributed by atoms with E-state index < -0.39 is 15.7 Å². The van der Waals surface area contributed by atoms with E-state index in [2.05, 4.69) is 7.05 Å². The first kappa shape index (κ1) is 10.8. The van der Waals surface area contributed by atoms with Crippen molar-refractivity contribution in [2.75, 3.05) is 0 Å². The van der Waals surface area contributed by atoms with Crippen LogP contribution in [0.1, 0.15) is 0 Å². The zero-order valence-corrected chi connectivity index (χ0v) is 7.43. The van der Waals surface area contributed by atoms with Crippen molar-refractivity contribution >= 4 is 46.7 Å². The second-order valence-corrected chi connectivity index (χ2v) is 3.74. The number of carbonyl (C=O) groups excluding carboxylic acids is 2. The predicted octanol–water partition coefficient (Wildman–Crippen LogP) is 0.974. The van der Waals surface area contributed by atoms with Crippen molar-refractivity contribution in [2.24, 2.45) is 0 Å². The van der Waals surface area contributed by atoms with E-state index in [0.717, 1.165) is 0 Å². The summed E-state index contributed by atoms with van der Waals surface area (Å²) < 4.78 is -2.13. The predicted molar refractivity (Wildman–Crippen MR) is 42.3 cm³/mol. The summed E-state index contributed by atoms with van der Waals surface area (Å²) in [6, 6.07) is -0.832. The van der Waals surface area contributed by atoms with Crippen LogP contribution in [0.25, 0.3) is 0 Å². The number of carbonyl (C=O) groups is 2. The molecule has 0 bridgehead atoms. The standard InChI is InChI=1S/C4H4Cl3N2O2/c1-8-3(11)9-2(10)4(5,6)7/h1H2,(H2,8,9,10,11). The van der Waals surface area contributed by atoms with Gasteiger partial charge >= 0.3 is 6.03 Å². The molecule has 11 heavy (non-hydrogen) atoms. The Bertz CT molecular complexity index is 177. The molecule has 0 saturated heterocycles. The molecule has 0 saturated carbocycles. The van der Waals surface area contributed by atoms with Crippen molar-refractivity contribution in [3.05, 3.63) is 7.05 Å². The number of imide groups is 1. The van der Waals surface area contributed by atoms with Gasteiger partial charge in [-0.3, -0.25) is 10.1 Å². The van der Waals surface area contributed by atoms with Crippen LogP contribution in [-0.4, -0.2) is 15.7 Å². The van der Waals surface area contributed by atoms with E-state index in [1.165, 1.54) is 0 Å². The molecule has 63 valence electrons. The number of hydrogen-bond donors (Lipinski definition) is 2. The number of urea groups is 1. The third-order valence-electron chi connectivity index (χ3n) is 0.645. The van der Waals surface area contributed by atoms with Crippen LogP contribution in [-0.2, 0) is 4.79 Å². The lowest BCUT2D eigenvalue weighted by Gasteiger charge is -2.08. The molecule has 1 radical (unpaired) electrons. The van der Waals surface area contributed by atoms with Gasteiger partial charge in [-0.1, -0.05) is 34.8 Å². The molecule has 0 aliphatic heterocycles. The lowest BCUT2D eigenvalue weighted by atomic mass is 10.7. The third-order valence-corrected chi connectivity index (χ3v) is 1.16. The van der Waals surface area contributed by atoms with Crippen LogP contribution >= 0.6 is 34.8 Å². The van der Waals surface area contributed by atoms with Crippen molar-refractivity contribution in [2.45, 2.75) is 3.79 Å². The first-order valence-corrected chi connectivity index (χ1v) is 3.46. The normalized spacial score (nSPS) is 10.5. The highest BCUT2D eigenvalue weighted by Crippen LogP contribution is 2.25. The molecule has 0 heterocycles. The van der Waals surface area contributed by atoms with Gasteiger partial charge in [0, 0.05) is 7.05 Å². The van der Waals surface area contributed by atoms with Crippen LogP contribution in [0.15, 0.2) is 0 Å². The van der Waals surface area contributed by atoms with Crippen LogP contribution in [0.4, 0.5) is 4.79 Å². The average molecular weight is 218 g/mol. The summed E-state index contributed by atoms with van der Waals surface area (Å²) in [5.41, 5.74) is 0. The molecular weight excluding hydrogens is 214 g/mol. The van der Waals surface area contributed by atoms with Crippen molar-refractivity contribution in [3.8, 4) is 0 Å². The molecule has 0 aliphatic rings. The molecule has 0 atom stereocenters. The van der Waals surface area contributed by atoms with E-state index in [-0.39, 0.29) is 0 Å². The van der Waals surface area contributed by atoms with Crippen molar-refractivity contribution in [1.29, 1.82) is 0 Å². The van der Waals surface area contributed by atoms with E-state index in [0.29, 0.717) is 0 Å². The summed E-state index contributed by atoms with van der Waals surface area (Å²) in [4.78, 5) is 21.0. The molecule has 0 rings (SSSR count). The van der Waals surface area contributed by atoms with Crippen LogP contribution in [0.3, 0.4) is 0 Å². The second kappa shape index (κ2) is 3.99. The van der Waals surface area contributed by atoms with E-state index in [1.54, 1.807) is 5.32 Å². The molecule has 0 fully saturated rings. The van der Waals surface area contributed by atoms with Gasteiger partial charge in [0.2, 0.25) is 0 Å². The van der Waals surface area contributed by atoms with Crippen molar-refractivity contribution < 1.29 is 9.59 Å². The number of alkyl halides is 3. The van der Waals surface area contributed by atoms with Crippen LogP contribution in [0.5, 0.6) is 0 Å². The van der Waals surface area contributed by atoms with Gasteiger partial charge in [0.15, 0.2) is 0 Å². The van der Waals surface area contributed by atoms with Crippen LogP contribution < -0.4 is 10.6 Å². The molecule has 3 amide bonds. The van der Waals surface area contributed by atoms with E-state index in [9.17, 15) is 9.59 Å². The summed E-state index contributed by atoms with van der Waals surface area (Å²) >= 11 is 15.3. The Balaban J connectivity index is 3.99. The number of halogens is 3. The number of hydrogen-bond acceptors (Lipinski definition) is 2. The molecular formula is C4H4Cl3N2O2. The Kier molecular flexibility index (Phi) is 3.92. The highest BCUT2D eigenvalue weighted by atomic mass is 35.6. The van der Waals surface area contributed by atoms with Gasteiger partial charge in [0.05, 0.1) is 0 Å². The lowest BCUT2D eigenvalue weighted by molar-refractivity contribution is -0.119. The number of amides is 3. The molecule has 0 unspecified atom stereocenters. The van der Waals surface area contributed by atoms with Gasteiger partial charge in [-0.05, 0) is 0 Å². The van der Waals surface area contributed by atoms with E-state index in [4.69, 9.17) is 34.8 Å². The Labute approximate surface area is 78.2 Å². The van der Waals surface area contributed by atoms with Gasteiger partial charge < -0.3 is 5.32 Å². The minimum atomic E-state index is -2.13. The van der Waals surface area contributed by atoms with Gasteiger partial charge in [-0.25, -0.2) is 4.79 Å². The van der Waals surface area contributed by atoms with Gasteiger partial charge in [-0.15, -0.1) is 0 Å². The fourth-order valence-electron chi connectivity index (χ4n) is 0.218. The van der Waals surface area contributed by atoms with E-state index in [1.807, 2.05) is 5.32 Å². The van der Waals surface area contributed by atoms with Gasteiger partial charge in [0.25, 0.3) is 9.70 Å². The van der Waals surface area contributed by atoms with Crippen molar-refractivity contribution in [3.63, 3.8) is 0 Å². The highest BCUT2D eigenvalue weighted by molar-refractivity contribution is 6.76. The second-order valence-electron chi connectivity index (χ2n) is 1.46. The zero-order valence-electron chi connectivity index (χ0n) is 5.16. The summed E-state index contributed by atoms with van der Waals surface area (Å²) in [5, 5.41) is 3.59. The average Bonchev–Trinajstić information content (AvgIpc) is 1.85. The molecule has 0 spiro atoms. The summed E-state index contributed by atoms with van der Waals surface area (Å²) in [6.45, 7) is 0. The molecule has 0 aromatic heterocycles. The fraction of sp³-hybridized carbons (Fsp3) is 0.250. The number of rotatable bonds is 0. The topological polar surface area (TPSA) is 58.2 Å². The first-order chi connectivity index (χ1) is 4.88. The third kappa shape index (κ3) is 4.29. The highest BCUT2D eigenvalue weighted by Gasteiger charge is 2.31. The fourth-order valence-corrected chi connectivity index (χ4v) is 0.360. The Morgan fingerprint density at radius 1 is 1.27 bits per heavy atom. The minimum absolute atomic E-state index is 0.832. The van der Waals surface area contributed by atoms with E-state index >= 15 is 0 Å². The minimum Gasteiger partial charge on any atom is -0.336 e. The Hall–Kier alpha value is -0.190. The molecule has 0 aromatic rings. The molecule has 2 N–H and O–H groups in total. The SMILES string of the molecule is [CH2]NC(=O)NC(=O)C(Cl)(Cl)Cl. The zero-order chi connectivity index (χ0) is 9.07. The maximum absolute atomic E-state index is 10.6. The summed E-state index contributed by atoms with van der Waals surface area (Å²) in [6.07, 6.45) is 0. The monoisotopic (exact) mass is 217 g/mol.